The normalized spacial score (nSPS) is 10.5. The molecule has 0 unspecified atom stereocenters. The molecule has 4 aromatic rings. The van der Waals surface area contributed by atoms with E-state index in [2.05, 4.69) is 15.4 Å². The summed E-state index contributed by atoms with van der Waals surface area (Å²) in [6, 6.07) is 21.1. The first-order chi connectivity index (χ1) is 14.8. The van der Waals surface area contributed by atoms with Gasteiger partial charge in [0.05, 0.1) is 11.9 Å². The molecule has 0 fully saturated rings. The standard InChI is InChI=1S/C24H22N4O2/c29-24(12-11-19-16-26-28(17-19)22-8-2-1-3-9-22)27-21-7-4-10-23(14-21)30-18-20-6-5-13-25-15-20/h1-10,13-17H,11-12,18H2,(H,27,29). The number of amides is 1. The summed E-state index contributed by atoms with van der Waals surface area (Å²) in [4.78, 5) is 16.4. The number of carbonyl (C=O) groups is 1. The predicted molar refractivity (Wildman–Crippen MR) is 116 cm³/mol. The summed E-state index contributed by atoms with van der Waals surface area (Å²) in [7, 11) is 0. The number of anilines is 1. The molecule has 2 heterocycles. The molecule has 0 aliphatic heterocycles. The average Bonchev–Trinajstić information content (AvgIpc) is 3.27. The Labute approximate surface area is 175 Å². The summed E-state index contributed by atoms with van der Waals surface area (Å²) in [6.45, 7) is 0.427. The molecule has 1 amide bonds. The molecule has 1 N–H and O–H groups in total. The Kier molecular flexibility index (Phi) is 6.15. The molecule has 150 valence electrons. The molecular formula is C24H22N4O2. The zero-order chi connectivity index (χ0) is 20.6. The van der Waals surface area contributed by atoms with E-state index >= 15 is 0 Å². The van der Waals surface area contributed by atoms with Crippen molar-refractivity contribution in [3.05, 3.63) is 103 Å². The molecule has 6 heteroatoms. The summed E-state index contributed by atoms with van der Waals surface area (Å²) in [5.74, 6) is 0.646. The Morgan fingerprint density at radius 2 is 1.87 bits per heavy atom. The maximum atomic E-state index is 12.4. The lowest BCUT2D eigenvalue weighted by Gasteiger charge is -2.09. The number of pyridine rings is 1. The van der Waals surface area contributed by atoms with E-state index < -0.39 is 0 Å². The number of ether oxygens (including phenoxy) is 1. The Hall–Kier alpha value is -3.93. The van der Waals surface area contributed by atoms with Gasteiger partial charge in [-0.3, -0.25) is 9.78 Å². The molecule has 0 aliphatic rings. The molecule has 0 spiro atoms. The first kappa shape index (κ1) is 19.4. The number of carbonyl (C=O) groups excluding carboxylic acids is 1. The van der Waals surface area contributed by atoms with E-state index in [9.17, 15) is 4.79 Å². The molecule has 30 heavy (non-hydrogen) atoms. The fourth-order valence-electron chi connectivity index (χ4n) is 3.01. The molecule has 0 aliphatic carbocycles. The van der Waals surface area contributed by atoms with Crippen molar-refractivity contribution >= 4 is 11.6 Å². The van der Waals surface area contributed by atoms with Gasteiger partial charge in [-0.05, 0) is 42.3 Å². The molecule has 0 radical (unpaired) electrons. The summed E-state index contributed by atoms with van der Waals surface area (Å²) in [5.41, 5.74) is 3.71. The van der Waals surface area contributed by atoms with Gasteiger partial charge in [0, 0.05) is 42.3 Å². The summed E-state index contributed by atoms with van der Waals surface area (Å²) < 4.78 is 7.60. The highest BCUT2D eigenvalue weighted by Gasteiger charge is 2.07. The third-order valence-electron chi connectivity index (χ3n) is 4.54. The number of rotatable bonds is 8. The molecule has 0 saturated carbocycles. The fourth-order valence-corrected chi connectivity index (χ4v) is 3.01. The van der Waals surface area contributed by atoms with E-state index in [0.717, 1.165) is 16.8 Å². The van der Waals surface area contributed by atoms with E-state index in [4.69, 9.17) is 4.74 Å². The summed E-state index contributed by atoms with van der Waals surface area (Å²) in [6.07, 6.45) is 8.25. The quantitative estimate of drug-likeness (QED) is 0.477. The van der Waals surface area contributed by atoms with E-state index in [0.29, 0.717) is 30.9 Å². The second kappa shape index (κ2) is 9.52. The monoisotopic (exact) mass is 398 g/mol. The number of aryl methyl sites for hydroxylation is 1. The fraction of sp³-hybridized carbons (Fsp3) is 0.125. The maximum absolute atomic E-state index is 12.4. The van der Waals surface area contributed by atoms with Crippen LogP contribution in [0.25, 0.3) is 5.69 Å². The van der Waals surface area contributed by atoms with E-state index in [1.807, 2.05) is 77.6 Å². The number of benzene rings is 2. The third-order valence-corrected chi connectivity index (χ3v) is 4.54. The lowest BCUT2D eigenvalue weighted by molar-refractivity contribution is -0.116. The van der Waals surface area contributed by atoms with Crippen LogP contribution in [0.3, 0.4) is 0 Å². The zero-order valence-electron chi connectivity index (χ0n) is 16.4. The van der Waals surface area contributed by atoms with Crippen LogP contribution in [0.1, 0.15) is 17.5 Å². The summed E-state index contributed by atoms with van der Waals surface area (Å²) >= 11 is 0. The Morgan fingerprint density at radius 3 is 2.70 bits per heavy atom. The van der Waals surface area contributed by atoms with Gasteiger partial charge >= 0.3 is 0 Å². The first-order valence-electron chi connectivity index (χ1n) is 9.77. The largest absolute Gasteiger partial charge is 0.489 e. The van der Waals surface area contributed by atoms with Gasteiger partial charge in [-0.1, -0.05) is 30.3 Å². The van der Waals surface area contributed by atoms with Crippen molar-refractivity contribution < 1.29 is 9.53 Å². The van der Waals surface area contributed by atoms with Crippen molar-refractivity contribution in [1.29, 1.82) is 0 Å². The van der Waals surface area contributed by atoms with Crippen LogP contribution in [0.4, 0.5) is 5.69 Å². The number of hydrogen-bond acceptors (Lipinski definition) is 4. The second-order valence-corrected chi connectivity index (χ2v) is 6.85. The predicted octanol–water partition coefficient (Wildman–Crippen LogP) is 4.42. The van der Waals surface area contributed by atoms with Crippen LogP contribution in [-0.2, 0) is 17.8 Å². The highest BCUT2D eigenvalue weighted by Crippen LogP contribution is 2.19. The molecule has 2 aromatic heterocycles. The lowest BCUT2D eigenvalue weighted by atomic mass is 10.2. The number of nitrogens with one attached hydrogen (secondary N) is 1. The van der Waals surface area contributed by atoms with Crippen LogP contribution in [0.15, 0.2) is 91.5 Å². The molecule has 0 atom stereocenters. The number of aromatic nitrogens is 3. The van der Waals surface area contributed by atoms with Gasteiger partial charge < -0.3 is 10.1 Å². The molecule has 6 nitrogen and oxygen atoms in total. The van der Waals surface area contributed by atoms with Gasteiger partial charge in [-0.2, -0.15) is 5.10 Å². The highest BCUT2D eigenvalue weighted by molar-refractivity contribution is 5.91. The van der Waals surface area contributed by atoms with Crippen molar-refractivity contribution in [3.8, 4) is 11.4 Å². The summed E-state index contributed by atoms with van der Waals surface area (Å²) in [5, 5.41) is 7.30. The van der Waals surface area contributed by atoms with Crippen LogP contribution in [-0.4, -0.2) is 20.7 Å². The minimum atomic E-state index is -0.0492. The molecule has 0 bridgehead atoms. The third kappa shape index (κ3) is 5.32. The second-order valence-electron chi connectivity index (χ2n) is 6.85. The van der Waals surface area contributed by atoms with Crippen molar-refractivity contribution in [2.45, 2.75) is 19.4 Å². The first-order valence-corrected chi connectivity index (χ1v) is 9.77. The average molecular weight is 398 g/mol. The van der Waals surface area contributed by atoms with Crippen molar-refractivity contribution in [2.24, 2.45) is 0 Å². The zero-order valence-corrected chi connectivity index (χ0v) is 16.4. The highest BCUT2D eigenvalue weighted by atomic mass is 16.5. The van der Waals surface area contributed by atoms with Crippen molar-refractivity contribution in [1.82, 2.24) is 14.8 Å². The van der Waals surface area contributed by atoms with Crippen LogP contribution >= 0.6 is 0 Å². The molecule has 0 saturated heterocycles. The Morgan fingerprint density at radius 1 is 0.967 bits per heavy atom. The van der Waals surface area contributed by atoms with Gasteiger partial charge in [0.25, 0.3) is 0 Å². The van der Waals surface area contributed by atoms with E-state index in [-0.39, 0.29) is 5.91 Å². The number of hydrogen-bond donors (Lipinski definition) is 1. The number of para-hydroxylation sites is 1. The van der Waals surface area contributed by atoms with Crippen LogP contribution in [0.5, 0.6) is 5.75 Å². The van der Waals surface area contributed by atoms with Crippen molar-refractivity contribution in [2.75, 3.05) is 5.32 Å². The van der Waals surface area contributed by atoms with Crippen LogP contribution in [0.2, 0.25) is 0 Å². The molecular weight excluding hydrogens is 376 g/mol. The lowest BCUT2D eigenvalue weighted by Crippen LogP contribution is -2.12. The Balaban J connectivity index is 1.28. The minimum Gasteiger partial charge on any atom is -0.489 e. The van der Waals surface area contributed by atoms with Gasteiger partial charge in [0.1, 0.15) is 12.4 Å². The Bertz CT molecular complexity index is 1090. The molecule has 2 aromatic carbocycles. The van der Waals surface area contributed by atoms with Gasteiger partial charge in [0.2, 0.25) is 5.91 Å². The van der Waals surface area contributed by atoms with E-state index in [1.165, 1.54) is 0 Å². The molecule has 4 rings (SSSR count). The van der Waals surface area contributed by atoms with Gasteiger partial charge in [-0.25, -0.2) is 4.68 Å². The minimum absolute atomic E-state index is 0.0492. The SMILES string of the molecule is O=C(CCc1cnn(-c2ccccc2)c1)Nc1cccc(OCc2cccnc2)c1. The van der Waals surface area contributed by atoms with Crippen LogP contribution < -0.4 is 10.1 Å². The van der Waals surface area contributed by atoms with Crippen LogP contribution in [0, 0.1) is 0 Å². The van der Waals surface area contributed by atoms with E-state index in [1.54, 1.807) is 18.6 Å². The maximum Gasteiger partial charge on any atom is 0.224 e. The van der Waals surface area contributed by atoms with Crippen molar-refractivity contribution in [3.63, 3.8) is 0 Å². The van der Waals surface area contributed by atoms with Gasteiger partial charge in [0.15, 0.2) is 0 Å². The number of nitrogens with zero attached hydrogens (tertiary/aromatic N) is 3. The smallest absolute Gasteiger partial charge is 0.224 e. The van der Waals surface area contributed by atoms with Gasteiger partial charge in [-0.15, -0.1) is 0 Å². The topological polar surface area (TPSA) is 69.0 Å².